The molecule has 2 N–H and O–H groups in total. The second kappa shape index (κ2) is 6.00. The first kappa shape index (κ1) is 20.4. The fourth-order valence-corrected chi connectivity index (χ4v) is 9.57. The molecule has 2 heterocycles. The molecule has 0 bridgehead atoms. The molecule has 2 aliphatic heterocycles. The minimum absolute atomic E-state index is 0.0529. The van der Waals surface area contributed by atoms with E-state index in [1.165, 1.54) is 0 Å². The van der Waals surface area contributed by atoms with Crippen molar-refractivity contribution in [3.05, 3.63) is 0 Å². The predicted molar refractivity (Wildman–Crippen MR) is 108 cm³/mol. The maximum Gasteiger partial charge on any atom is 0.174 e. The second-order valence-electron chi connectivity index (χ2n) is 12.0. The van der Waals surface area contributed by atoms with Gasteiger partial charge in [-0.25, -0.2) is 0 Å². The normalized spacial score (nSPS) is 56.1. The third-order valence-electron chi connectivity index (χ3n) is 10.6. The molecule has 2 spiro atoms. The summed E-state index contributed by atoms with van der Waals surface area (Å²) in [4.78, 5) is 0. The first-order chi connectivity index (χ1) is 14.1. The maximum atomic E-state index is 12.0. The molecule has 6 aliphatic rings. The van der Waals surface area contributed by atoms with E-state index in [-0.39, 0.29) is 16.7 Å². The quantitative estimate of drug-likeness (QED) is 0.625. The molecule has 6 heteroatoms. The van der Waals surface area contributed by atoms with E-state index in [9.17, 15) is 10.2 Å². The van der Waals surface area contributed by atoms with Crippen molar-refractivity contribution in [1.29, 1.82) is 0 Å². The van der Waals surface area contributed by atoms with Crippen LogP contribution in [0.25, 0.3) is 0 Å². The Balaban J connectivity index is 1.38. The molecule has 0 aromatic rings. The second-order valence-corrected chi connectivity index (χ2v) is 12.0. The van der Waals surface area contributed by atoms with Gasteiger partial charge in [-0.05, 0) is 56.8 Å². The van der Waals surface area contributed by atoms with Gasteiger partial charge in [0.15, 0.2) is 11.6 Å². The van der Waals surface area contributed by atoms with Gasteiger partial charge in [0.1, 0.15) is 0 Å². The molecule has 6 rings (SSSR count). The van der Waals surface area contributed by atoms with Crippen molar-refractivity contribution >= 4 is 0 Å². The smallest absolute Gasteiger partial charge is 0.174 e. The van der Waals surface area contributed by atoms with Crippen LogP contribution in [0.15, 0.2) is 0 Å². The summed E-state index contributed by atoms with van der Waals surface area (Å²) in [5.41, 5.74) is -2.29. The van der Waals surface area contributed by atoms with E-state index in [0.717, 1.165) is 38.5 Å². The highest BCUT2D eigenvalue weighted by Crippen LogP contribution is 2.73. The van der Waals surface area contributed by atoms with Crippen molar-refractivity contribution < 1.29 is 29.2 Å². The van der Waals surface area contributed by atoms with Crippen LogP contribution >= 0.6 is 0 Å². The Morgan fingerprint density at radius 3 is 2.07 bits per heavy atom. The van der Waals surface area contributed by atoms with Gasteiger partial charge in [0.25, 0.3) is 0 Å². The number of hydrogen-bond donors (Lipinski definition) is 2. The van der Waals surface area contributed by atoms with Gasteiger partial charge < -0.3 is 29.2 Å². The number of hydrogen-bond acceptors (Lipinski definition) is 6. The van der Waals surface area contributed by atoms with Crippen LogP contribution < -0.4 is 0 Å². The van der Waals surface area contributed by atoms with E-state index in [4.69, 9.17) is 18.9 Å². The lowest BCUT2D eigenvalue weighted by Crippen LogP contribution is -2.71. The Kier molecular flexibility index (Phi) is 4.08. The third kappa shape index (κ3) is 2.31. The monoisotopic (exact) mass is 422 g/mol. The first-order valence-electron chi connectivity index (χ1n) is 12.1. The van der Waals surface area contributed by atoms with Gasteiger partial charge in [0.05, 0.1) is 37.6 Å². The lowest BCUT2D eigenvalue weighted by atomic mass is 9.40. The van der Waals surface area contributed by atoms with Gasteiger partial charge in [0.2, 0.25) is 0 Å². The van der Waals surface area contributed by atoms with Crippen LogP contribution in [0.2, 0.25) is 0 Å². The van der Waals surface area contributed by atoms with Crippen molar-refractivity contribution in [1.82, 2.24) is 0 Å². The molecule has 170 valence electrons. The Bertz CT molecular complexity index is 725. The zero-order valence-electron chi connectivity index (χ0n) is 18.7. The molecule has 4 aliphatic carbocycles. The molecular weight excluding hydrogens is 384 g/mol. The van der Waals surface area contributed by atoms with E-state index >= 15 is 0 Å². The van der Waals surface area contributed by atoms with Gasteiger partial charge in [-0.1, -0.05) is 13.8 Å². The average molecular weight is 423 g/mol. The van der Waals surface area contributed by atoms with Crippen LogP contribution in [0.4, 0.5) is 0 Å². The van der Waals surface area contributed by atoms with Crippen LogP contribution in [0.5, 0.6) is 0 Å². The third-order valence-corrected chi connectivity index (χ3v) is 10.6. The molecule has 0 aromatic heterocycles. The lowest BCUT2D eigenvalue weighted by molar-refractivity contribution is -0.324. The zero-order chi connectivity index (χ0) is 21.0. The average Bonchev–Trinajstić information content (AvgIpc) is 3.38. The van der Waals surface area contributed by atoms with E-state index < -0.39 is 22.8 Å². The molecule has 4 saturated carbocycles. The fraction of sp³-hybridized carbons (Fsp3) is 1.00. The van der Waals surface area contributed by atoms with Gasteiger partial charge in [-0.15, -0.1) is 0 Å². The van der Waals surface area contributed by atoms with Crippen LogP contribution in [0, 0.1) is 28.6 Å². The highest BCUT2D eigenvalue weighted by molar-refractivity contribution is 5.21. The van der Waals surface area contributed by atoms with Crippen molar-refractivity contribution in [2.45, 2.75) is 94.9 Å². The summed E-state index contributed by atoms with van der Waals surface area (Å²) in [5.74, 6) is -0.285. The molecule has 0 amide bonds. The van der Waals surface area contributed by atoms with Gasteiger partial charge >= 0.3 is 0 Å². The highest BCUT2D eigenvalue weighted by Gasteiger charge is 2.74. The first-order valence-corrected chi connectivity index (χ1v) is 12.1. The van der Waals surface area contributed by atoms with Crippen LogP contribution in [-0.2, 0) is 18.9 Å². The molecule has 2 saturated heterocycles. The molecule has 0 aromatic carbocycles. The van der Waals surface area contributed by atoms with Crippen molar-refractivity contribution in [2.75, 3.05) is 26.4 Å². The standard InChI is InChI=1S/C24H38O6/c1-19-8-9-23(27-10-11-28-23)15-22(19,26)6-4-16-17-5-7-24(29-12-13-30-24)20(17,2)14-21(3,25)18(16)19/h16-18,25-26H,4-15H2,1-3H3/t16-,17-,18-,19+,20-,21-,22+/m0/s1. The Labute approximate surface area is 179 Å². The minimum atomic E-state index is -0.881. The van der Waals surface area contributed by atoms with Crippen LogP contribution in [-0.4, -0.2) is 59.4 Å². The summed E-state index contributed by atoms with van der Waals surface area (Å²) in [5, 5.41) is 24.1. The van der Waals surface area contributed by atoms with E-state index in [1.807, 2.05) is 6.92 Å². The van der Waals surface area contributed by atoms with Gasteiger partial charge in [-0.3, -0.25) is 0 Å². The number of aliphatic hydroxyl groups is 2. The van der Waals surface area contributed by atoms with Crippen LogP contribution in [0.1, 0.15) is 72.1 Å². The minimum Gasteiger partial charge on any atom is -0.390 e. The topological polar surface area (TPSA) is 77.4 Å². The summed E-state index contributed by atoms with van der Waals surface area (Å²) in [6.07, 6.45) is 6.47. The molecule has 0 unspecified atom stereocenters. The molecular formula is C24H38O6. The molecule has 6 fully saturated rings. The number of ether oxygens (including phenoxy) is 4. The SMILES string of the molecule is C[C@]1(O)C[C@@]2(C)[C@@H](CCC23OCCO3)[C@@H]2CC[C@@]3(O)CC4(CC[C@]3(C)[C@H]21)OCCO4. The summed E-state index contributed by atoms with van der Waals surface area (Å²) in [7, 11) is 0. The number of rotatable bonds is 0. The lowest BCUT2D eigenvalue weighted by Gasteiger charge is -2.68. The van der Waals surface area contributed by atoms with Crippen molar-refractivity contribution in [2.24, 2.45) is 28.6 Å². The van der Waals surface area contributed by atoms with Gasteiger partial charge in [-0.2, -0.15) is 0 Å². The summed E-state index contributed by atoms with van der Waals surface area (Å²) in [6, 6.07) is 0. The van der Waals surface area contributed by atoms with Crippen molar-refractivity contribution in [3.63, 3.8) is 0 Å². The van der Waals surface area contributed by atoms with Gasteiger partial charge in [0, 0.05) is 30.1 Å². The predicted octanol–water partition coefficient (Wildman–Crippen LogP) is 2.99. The fourth-order valence-electron chi connectivity index (χ4n) is 9.57. The molecule has 0 radical (unpaired) electrons. The van der Waals surface area contributed by atoms with Crippen molar-refractivity contribution in [3.8, 4) is 0 Å². The van der Waals surface area contributed by atoms with E-state index in [0.29, 0.717) is 51.1 Å². The maximum absolute atomic E-state index is 12.0. The highest BCUT2D eigenvalue weighted by atomic mass is 16.7. The zero-order valence-corrected chi connectivity index (χ0v) is 18.7. The Morgan fingerprint density at radius 1 is 0.700 bits per heavy atom. The molecule has 30 heavy (non-hydrogen) atoms. The largest absolute Gasteiger partial charge is 0.390 e. The molecule has 6 nitrogen and oxygen atoms in total. The summed E-state index contributed by atoms with van der Waals surface area (Å²) < 4.78 is 24.5. The van der Waals surface area contributed by atoms with E-state index in [2.05, 4.69) is 13.8 Å². The van der Waals surface area contributed by atoms with Crippen LogP contribution in [0.3, 0.4) is 0 Å². The summed E-state index contributed by atoms with van der Waals surface area (Å²) >= 11 is 0. The molecule has 7 atom stereocenters. The summed E-state index contributed by atoms with van der Waals surface area (Å²) in [6.45, 7) is 9.06. The Hall–Kier alpha value is -0.240. The number of fused-ring (bicyclic) bond motifs is 6. The Morgan fingerprint density at radius 2 is 1.37 bits per heavy atom. The van der Waals surface area contributed by atoms with E-state index in [1.54, 1.807) is 0 Å².